The Kier molecular flexibility index (Phi) is 51.7. The van der Waals surface area contributed by atoms with Crippen molar-refractivity contribution in [3.63, 3.8) is 0 Å². The summed E-state index contributed by atoms with van der Waals surface area (Å²) in [6.07, 6.45) is 42.3. The molecule has 0 aromatic heterocycles. The Morgan fingerprint density at radius 2 is 0.702 bits per heavy atom. The van der Waals surface area contributed by atoms with Crippen molar-refractivity contribution in [2.24, 2.45) is 0 Å². The largest absolute Gasteiger partial charge is 0.394 e. The highest BCUT2D eigenvalue weighted by Crippen LogP contribution is 2.33. The van der Waals surface area contributed by atoms with Crippen molar-refractivity contribution in [1.82, 2.24) is 5.32 Å². The van der Waals surface area contributed by atoms with Crippen molar-refractivity contribution >= 4 is 5.91 Å². The number of rotatable bonds is 59. The van der Waals surface area contributed by atoms with E-state index in [4.69, 9.17) is 28.4 Å². The van der Waals surface area contributed by atoms with Gasteiger partial charge in [0, 0.05) is 6.42 Å². The zero-order chi connectivity index (χ0) is 68.2. The summed E-state index contributed by atoms with van der Waals surface area (Å²) in [5, 5.41) is 121. The Morgan fingerprint density at radius 1 is 0.383 bits per heavy atom. The predicted molar refractivity (Wildman–Crippen MR) is 369 cm³/mol. The third kappa shape index (κ3) is 37.3. The van der Waals surface area contributed by atoms with Gasteiger partial charge in [0.15, 0.2) is 18.9 Å². The number of nitrogens with one attached hydrogen (secondary N) is 1. The van der Waals surface area contributed by atoms with E-state index in [9.17, 15) is 61.0 Å². The molecule has 550 valence electrons. The van der Waals surface area contributed by atoms with E-state index in [0.717, 1.165) is 57.8 Å². The van der Waals surface area contributed by atoms with Gasteiger partial charge in [0.05, 0.1) is 38.6 Å². The zero-order valence-electron chi connectivity index (χ0n) is 58.4. The first-order valence-corrected chi connectivity index (χ1v) is 37.9. The highest BCUT2D eigenvalue weighted by Gasteiger charge is 2.53. The second-order valence-electron chi connectivity index (χ2n) is 27.1. The Labute approximate surface area is 567 Å². The average Bonchev–Trinajstić information content (AvgIpc) is 0.787. The standard InChI is InChI=1S/C75H137NO18/c1-3-5-7-9-11-13-15-17-19-21-23-24-25-26-27-28-29-30-31-32-33-34-35-37-39-41-43-45-47-49-51-53-63(81)76-58(59(80)52-50-48-46-44-42-40-38-36-22-20-18-16-14-12-10-8-6-4-2)57-89-73-69(87)66(84)71(61(55-78)91-73)94-75-70(88)67(85)72(62(56-79)92-75)93-74-68(86)65(83)64(82)60(54-77)90-74/h15,17,21,23,25-26,50,52,58-62,64-75,77-80,82-88H,3-14,16,18-20,22,24,27-49,51,53-57H2,1-2H3,(H,76,81)/b17-15-,23-21-,26-25-,52-50+. The van der Waals surface area contributed by atoms with Crippen LogP contribution in [0.15, 0.2) is 48.6 Å². The fraction of sp³-hybridized carbons (Fsp3) is 0.880. The fourth-order valence-corrected chi connectivity index (χ4v) is 12.7. The number of carbonyl (C=O) groups is 1. The lowest BCUT2D eigenvalue weighted by atomic mass is 9.96. The van der Waals surface area contributed by atoms with Gasteiger partial charge in [-0.2, -0.15) is 0 Å². The van der Waals surface area contributed by atoms with E-state index in [1.807, 2.05) is 6.08 Å². The first kappa shape index (κ1) is 86.0. The van der Waals surface area contributed by atoms with Crippen LogP contribution in [0.4, 0.5) is 0 Å². The highest BCUT2D eigenvalue weighted by atomic mass is 16.8. The molecule has 19 nitrogen and oxygen atoms in total. The van der Waals surface area contributed by atoms with Crippen LogP contribution in [0, 0.1) is 0 Å². The maximum atomic E-state index is 13.4. The molecule has 0 radical (unpaired) electrons. The van der Waals surface area contributed by atoms with E-state index < -0.39 is 124 Å². The molecule has 94 heavy (non-hydrogen) atoms. The second kappa shape index (κ2) is 56.5. The van der Waals surface area contributed by atoms with Gasteiger partial charge in [-0.05, 0) is 57.8 Å². The Morgan fingerprint density at radius 3 is 1.10 bits per heavy atom. The van der Waals surface area contributed by atoms with E-state index in [2.05, 4.69) is 55.6 Å². The van der Waals surface area contributed by atoms with Gasteiger partial charge in [0.25, 0.3) is 0 Å². The molecule has 17 atom stereocenters. The number of carbonyl (C=O) groups excluding carboxylic acids is 1. The van der Waals surface area contributed by atoms with Crippen molar-refractivity contribution in [1.29, 1.82) is 0 Å². The number of allylic oxidation sites excluding steroid dienone is 7. The molecule has 3 saturated heterocycles. The lowest BCUT2D eigenvalue weighted by Crippen LogP contribution is -2.66. The highest BCUT2D eigenvalue weighted by molar-refractivity contribution is 5.76. The molecule has 0 saturated carbocycles. The number of aliphatic hydroxyl groups is 11. The number of hydrogen-bond donors (Lipinski definition) is 12. The van der Waals surface area contributed by atoms with Gasteiger partial charge in [-0.15, -0.1) is 0 Å². The molecule has 3 aliphatic heterocycles. The quantitative estimate of drug-likeness (QED) is 0.0199. The first-order chi connectivity index (χ1) is 45.8. The summed E-state index contributed by atoms with van der Waals surface area (Å²) >= 11 is 0. The molecule has 3 rings (SSSR count). The number of hydrogen-bond acceptors (Lipinski definition) is 18. The van der Waals surface area contributed by atoms with Crippen LogP contribution >= 0.6 is 0 Å². The molecular formula is C75H137NO18. The van der Waals surface area contributed by atoms with Gasteiger partial charge < -0.3 is 89.9 Å². The van der Waals surface area contributed by atoms with Crippen LogP contribution < -0.4 is 5.32 Å². The SMILES string of the molecule is CCCCCCC/C=C\C/C=C\C/C=C\CCCCCCCCCCCCCCCCCCC(=O)NC(COC1OC(CO)C(OC2OC(CO)C(OC3OC(CO)C(O)C(O)C3O)C(O)C2O)C(O)C1O)C(O)/C=C/CCCCCCCCCCCCCCCCCC. The first-order valence-electron chi connectivity index (χ1n) is 37.9. The molecule has 0 aromatic rings. The van der Waals surface area contributed by atoms with Crippen molar-refractivity contribution in [3.8, 4) is 0 Å². The van der Waals surface area contributed by atoms with Gasteiger partial charge in [-0.3, -0.25) is 4.79 Å². The van der Waals surface area contributed by atoms with E-state index in [1.165, 1.54) is 205 Å². The molecule has 3 heterocycles. The molecule has 19 heteroatoms. The summed E-state index contributed by atoms with van der Waals surface area (Å²) < 4.78 is 34.4. The predicted octanol–water partition coefficient (Wildman–Crippen LogP) is 11.3. The Hall–Kier alpha value is -2.25. The topological polar surface area (TPSA) is 307 Å². The van der Waals surface area contributed by atoms with Gasteiger partial charge in [0.1, 0.15) is 73.2 Å². The van der Waals surface area contributed by atoms with Crippen LogP contribution in [0.1, 0.15) is 290 Å². The van der Waals surface area contributed by atoms with E-state index in [-0.39, 0.29) is 18.9 Å². The summed E-state index contributed by atoms with van der Waals surface area (Å²) in [6, 6.07) is -0.974. The van der Waals surface area contributed by atoms with Crippen LogP contribution in [0.3, 0.4) is 0 Å². The van der Waals surface area contributed by atoms with Crippen molar-refractivity contribution in [2.45, 2.75) is 394 Å². The Balaban J connectivity index is 1.38. The summed E-state index contributed by atoms with van der Waals surface area (Å²) in [5.74, 6) is -0.273. The normalized spacial score (nSPS) is 27.6. The average molecular weight is 1340 g/mol. The van der Waals surface area contributed by atoms with Crippen LogP contribution in [-0.4, -0.2) is 193 Å². The second-order valence-corrected chi connectivity index (χ2v) is 27.1. The fourth-order valence-electron chi connectivity index (χ4n) is 12.7. The van der Waals surface area contributed by atoms with Crippen molar-refractivity contribution < 1.29 is 89.4 Å². The van der Waals surface area contributed by atoms with Crippen LogP contribution in [0.5, 0.6) is 0 Å². The maximum Gasteiger partial charge on any atom is 0.220 e. The number of amides is 1. The third-order valence-electron chi connectivity index (χ3n) is 18.9. The number of unbranched alkanes of at least 4 members (excludes halogenated alkanes) is 37. The Bertz CT molecular complexity index is 1890. The minimum absolute atomic E-state index is 0.244. The lowest BCUT2D eigenvalue weighted by molar-refractivity contribution is -0.379. The molecule has 17 unspecified atom stereocenters. The van der Waals surface area contributed by atoms with E-state index in [1.54, 1.807) is 6.08 Å². The minimum atomic E-state index is -1.98. The molecule has 1 amide bonds. The number of aliphatic hydroxyl groups excluding tert-OH is 11. The summed E-state index contributed by atoms with van der Waals surface area (Å²) in [6.45, 7) is 1.75. The van der Waals surface area contributed by atoms with Crippen LogP contribution in [0.25, 0.3) is 0 Å². The van der Waals surface area contributed by atoms with Crippen molar-refractivity contribution in [3.05, 3.63) is 48.6 Å². The van der Waals surface area contributed by atoms with Gasteiger partial charge >= 0.3 is 0 Å². The molecule has 0 bridgehead atoms. The minimum Gasteiger partial charge on any atom is -0.394 e. The molecular weight excluding hydrogens is 1200 g/mol. The van der Waals surface area contributed by atoms with Crippen LogP contribution in [0.2, 0.25) is 0 Å². The van der Waals surface area contributed by atoms with Gasteiger partial charge in [0.2, 0.25) is 5.91 Å². The van der Waals surface area contributed by atoms with E-state index >= 15 is 0 Å². The van der Waals surface area contributed by atoms with Crippen molar-refractivity contribution in [2.75, 3.05) is 26.4 Å². The molecule has 3 aliphatic rings. The molecule has 0 spiro atoms. The molecule has 0 aliphatic carbocycles. The third-order valence-corrected chi connectivity index (χ3v) is 18.9. The summed E-state index contributed by atoms with van der Waals surface area (Å²) in [4.78, 5) is 13.4. The monoisotopic (exact) mass is 1340 g/mol. The molecule has 0 aromatic carbocycles. The number of ether oxygens (including phenoxy) is 6. The molecule has 12 N–H and O–H groups in total. The zero-order valence-corrected chi connectivity index (χ0v) is 58.4. The lowest BCUT2D eigenvalue weighted by Gasteiger charge is -2.48. The van der Waals surface area contributed by atoms with E-state index in [0.29, 0.717) is 6.42 Å². The van der Waals surface area contributed by atoms with Gasteiger partial charge in [-0.1, -0.05) is 274 Å². The summed E-state index contributed by atoms with van der Waals surface area (Å²) in [7, 11) is 0. The summed E-state index contributed by atoms with van der Waals surface area (Å²) in [5.41, 5.74) is 0. The maximum absolute atomic E-state index is 13.4. The van der Waals surface area contributed by atoms with Crippen LogP contribution in [-0.2, 0) is 33.2 Å². The smallest absolute Gasteiger partial charge is 0.220 e. The van der Waals surface area contributed by atoms with Gasteiger partial charge in [-0.25, -0.2) is 0 Å². The molecule has 3 fully saturated rings.